The third-order valence-corrected chi connectivity index (χ3v) is 7.50. The fraction of sp³-hybridized carbons (Fsp3) is 0.542. The van der Waals surface area contributed by atoms with Crippen LogP contribution in [-0.2, 0) is 23.2 Å². The number of piperazine rings is 1. The van der Waals surface area contributed by atoms with E-state index < -0.39 is 5.41 Å². The number of rotatable bonds is 3. The van der Waals surface area contributed by atoms with Crippen LogP contribution >= 0.6 is 11.6 Å². The van der Waals surface area contributed by atoms with Gasteiger partial charge in [0.25, 0.3) is 5.91 Å². The van der Waals surface area contributed by atoms with E-state index in [1.807, 2.05) is 44.8 Å². The number of carbonyl (C=O) groups is 2. The van der Waals surface area contributed by atoms with Crippen LogP contribution in [0.4, 0.5) is 0 Å². The molecule has 2 aromatic rings. The van der Waals surface area contributed by atoms with Gasteiger partial charge in [0.2, 0.25) is 5.91 Å². The topological polar surface area (TPSA) is 58.4 Å². The van der Waals surface area contributed by atoms with Gasteiger partial charge in [-0.1, -0.05) is 36.6 Å². The molecule has 7 heteroatoms. The molecule has 2 aliphatic heterocycles. The minimum atomic E-state index is -0.445. The van der Waals surface area contributed by atoms with Gasteiger partial charge < -0.3 is 9.80 Å². The van der Waals surface area contributed by atoms with Crippen molar-refractivity contribution in [2.24, 2.45) is 0 Å². The van der Waals surface area contributed by atoms with Crippen LogP contribution in [-0.4, -0.2) is 57.6 Å². The summed E-state index contributed by atoms with van der Waals surface area (Å²) in [6.07, 6.45) is 7.18. The van der Waals surface area contributed by atoms with Crippen LogP contribution in [0.1, 0.15) is 60.3 Å². The maximum Gasteiger partial charge on any atom is 0.274 e. The Morgan fingerprint density at radius 3 is 2.23 bits per heavy atom. The lowest BCUT2D eigenvalue weighted by atomic mass is 9.77. The van der Waals surface area contributed by atoms with Crippen molar-refractivity contribution in [3.8, 4) is 0 Å². The van der Waals surface area contributed by atoms with E-state index in [-0.39, 0.29) is 11.8 Å². The van der Waals surface area contributed by atoms with Crippen molar-refractivity contribution in [1.82, 2.24) is 19.6 Å². The molecule has 31 heavy (non-hydrogen) atoms. The SMILES string of the molecule is O=C(c1cc2n(n1)CCCC2)N1CCN(C(=O)C2(c3ccc(Cl)cc3)CCCC2)CC1. The highest BCUT2D eigenvalue weighted by Crippen LogP contribution is 2.43. The van der Waals surface area contributed by atoms with E-state index in [0.717, 1.165) is 62.7 Å². The number of aryl methyl sites for hydroxylation is 2. The quantitative estimate of drug-likeness (QED) is 0.731. The minimum absolute atomic E-state index is 0.0118. The molecule has 2 fully saturated rings. The summed E-state index contributed by atoms with van der Waals surface area (Å²) in [4.78, 5) is 30.5. The van der Waals surface area contributed by atoms with Crippen molar-refractivity contribution >= 4 is 23.4 Å². The molecule has 0 atom stereocenters. The van der Waals surface area contributed by atoms with Gasteiger partial charge in [-0.25, -0.2) is 0 Å². The Kier molecular flexibility index (Phi) is 5.51. The lowest BCUT2D eigenvalue weighted by Crippen LogP contribution is -2.55. The lowest BCUT2D eigenvalue weighted by molar-refractivity contribution is -0.138. The monoisotopic (exact) mass is 440 g/mol. The molecule has 6 nitrogen and oxygen atoms in total. The van der Waals surface area contributed by atoms with Gasteiger partial charge in [-0.3, -0.25) is 14.3 Å². The number of hydrogen-bond acceptors (Lipinski definition) is 3. The Labute approximate surface area is 188 Å². The second kappa shape index (κ2) is 8.30. The third-order valence-electron chi connectivity index (χ3n) is 7.25. The molecule has 1 aromatic heterocycles. The molecule has 1 saturated heterocycles. The van der Waals surface area contributed by atoms with Crippen molar-refractivity contribution in [3.63, 3.8) is 0 Å². The Morgan fingerprint density at radius 1 is 0.871 bits per heavy atom. The molecule has 0 unspecified atom stereocenters. The average molecular weight is 441 g/mol. The van der Waals surface area contributed by atoms with Gasteiger partial charge in [-0.05, 0) is 55.9 Å². The van der Waals surface area contributed by atoms with Crippen LogP contribution in [0.5, 0.6) is 0 Å². The molecule has 3 heterocycles. The van der Waals surface area contributed by atoms with Crippen LogP contribution in [0.2, 0.25) is 5.02 Å². The zero-order valence-corrected chi connectivity index (χ0v) is 18.6. The molecule has 0 N–H and O–H groups in total. The molecule has 0 bridgehead atoms. The number of benzene rings is 1. The fourth-order valence-electron chi connectivity index (χ4n) is 5.47. The molecule has 1 aliphatic carbocycles. The number of fused-ring (bicyclic) bond motifs is 1. The second-order valence-corrected chi connectivity index (χ2v) is 9.52. The summed E-state index contributed by atoms with van der Waals surface area (Å²) >= 11 is 6.08. The molecule has 2 amide bonds. The fourth-order valence-corrected chi connectivity index (χ4v) is 5.60. The molecule has 5 rings (SSSR count). The van der Waals surface area contributed by atoms with Gasteiger partial charge in [-0.15, -0.1) is 0 Å². The van der Waals surface area contributed by atoms with Gasteiger partial charge in [0.05, 0.1) is 5.41 Å². The first-order chi connectivity index (χ1) is 15.1. The van der Waals surface area contributed by atoms with Crippen LogP contribution in [0.3, 0.4) is 0 Å². The van der Waals surface area contributed by atoms with Crippen LogP contribution < -0.4 is 0 Å². The van der Waals surface area contributed by atoms with Gasteiger partial charge in [0, 0.05) is 43.4 Å². The molecule has 0 spiro atoms. The zero-order chi connectivity index (χ0) is 21.4. The minimum Gasteiger partial charge on any atom is -0.338 e. The Bertz CT molecular complexity index is 946. The van der Waals surface area contributed by atoms with Gasteiger partial charge >= 0.3 is 0 Å². The number of carbonyl (C=O) groups excluding carboxylic acids is 2. The van der Waals surface area contributed by atoms with Crippen molar-refractivity contribution in [2.75, 3.05) is 26.2 Å². The highest BCUT2D eigenvalue weighted by Gasteiger charge is 2.45. The molecule has 0 radical (unpaired) electrons. The van der Waals surface area contributed by atoms with Crippen molar-refractivity contribution < 1.29 is 9.59 Å². The van der Waals surface area contributed by atoms with Crippen LogP contribution in [0, 0.1) is 0 Å². The summed E-state index contributed by atoms with van der Waals surface area (Å²) in [6.45, 7) is 3.17. The molecule has 1 saturated carbocycles. The number of aromatic nitrogens is 2. The van der Waals surface area contributed by atoms with Crippen LogP contribution in [0.25, 0.3) is 0 Å². The largest absolute Gasteiger partial charge is 0.338 e. The Morgan fingerprint density at radius 2 is 1.55 bits per heavy atom. The number of nitrogens with zero attached hydrogens (tertiary/aromatic N) is 4. The van der Waals surface area contributed by atoms with Crippen molar-refractivity contribution in [3.05, 3.63) is 52.3 Å². The van der Waals surface area contributed by atoms with Gasteiger partial charge in [-0.2, -0.15) is 5.10 Å². The summed E-state index contributed by atoms with van der Waals surface area (Å²) in [5.74, 6) is 0.194. The number of hydrogen-bond donors (Lipinski definition) is 0. The highest BCUT2D eigenvalue weighted by molar-refractivity contribution is 6.30. The van der Waals surface area contributed by atoms with E-state index in [0.29, 0.717) is 36.9 Å². The molecule has 164 valence electrons. The summed E-state index contributed by atoms with van der Waals surface area (Å²) in [7, 11) is 0. The Balaban J connectivity index is 1.27. The average Bonchev–Trinajstić information content (AvgIpc) is 3.47. The summed E-state index contributed by atoms with van der Waals surface area (Å²) in [5, 5.41) is 5.23. The molecule has 1 aromatic carbocycles. The number of amides is 2. The Hall–Kier alpha value is -2.34. The summed E-state index contributed by atoms with van der Waals surface area (Å²) < 4.78 is 1.98. The third kappa shape index (κ3) is 3.75. The predicted molar refractivity (Wildman–Crippen MR) is 119 cm³/mol. The maximum absolute atomic E-state index is 13.7. The van der Waals surface area contributed by atoms with E-state index in [2.05, 4.69) is 5.10 Å². The summed E-state index contributed by atoms with van der Waals surface area (Å²) in [6, 6.07) is 9.72. The van der Waals surface area contributed by atoms with Gasteiger partial charge in [0.1, 0.15) is 0 Å². The van der Waals surface area contributed by atoms with E-state index in [9.17, 15) is 9.59 Å². The lowest BCUT2D eigenvalue weighted by Gasteiger charge is -2.40. The maximum atomic E-state index is 13.7. The second-order valence-electron chi connectivity index (χ2n) is 9.08. The van der Waals surface area contributed by atoms with Gasteiger partial charge in [0.15, 0.2) is 5.69 Å². The first-order valence-electron chi connectivity index (χ1n) is 11.5. The van der Waals surface area contributed by atoms with Crippen LogP contribution in [0.15, 0.2) is 30.3 Å². The van der Waals surface area contributed by atoms with E-state index in [1.165, 1.54) is 0 Å². The van der Waals surface area contributed by atoms with Crippen molar-refractivity contribution in [2.45, 2.75) is 56.9 Å². The summed E-state index contributed by atoms with van der Waals surface area (Å²) in [5.41, 5.74) is 2.33. The first-order valence-corrected chi connectivity index (χ1v) is 11.9. The zero-order valence-electron chi connectivity index (χ0n) is 17.9. The standard InChI is InChI=1S/C24H29ClN4O2/c25-19-8-6-18(7-9-19)24(10-2-3-11-24)23(31)28-15-13-27(14-16-28)22(30)21-17-20-5-1-4-12-29(20)26-21/h6-9,17H,1-5,10-16H2. The molecular formula is C24H29ClN4O2. The molecule has 3 aliphatic rings. The molecular weight excluding hydrogens is 412 g/mol. The first kappa shape index (κ1) is 20.6. The number of halogens is 1. The smallest absolute Gasteiger partial charge is 0.274 e. The van der Waals surface area contributed by atoms with Crippen molar-refractivity contribution in [1.29, 1.82) is 0 Å². The van der Waals surface area contributed by atoms with E-state index in [1.54, 1.807) is 0 Å². The van der Waals surface area contributed by atoms with E-state index >= 15 is 0 Å². The highest BCUT2D eigenvalue weighted by atomic mass is 35.5. The van der Waals surface area contributed by atoms with E-state index in [4.69, 9.17) is 11.6 Å². The normalized spacial score (nSPS) is 20.5. The predicted octanol–water partition coefficient (Wildman–Crippen LogP) is 3.67.